The monoisotopic (exact) mass is 377 g/mol. The molecule has 3 rings (SSSR count). The molecule has 0 aromatic heterocycles. The molecule has 0 radical (unpaired) electrons. The first-order chi connectivity index (χ1) is 13.2. The first kappa shape index (κ1) is 18.7. The third-order valence-corrected chi connectivity index (χ3v) is 4.36. The number of halogens is 1. The highest BCUT2D eigenvalue weighted by atomic mass is 35.5. The minimum atomic E-state index is -0.0381. The van der Waals surface area contributed by atoms with E-state index in [1.807, 2.05) is 66.7 Å². The van der Waals surface area contributed by atoms with Crippen molar-refractivity contribution in [2.75, 3.05) is 5.32 Å². The Morgan fingerprint density at radius 1 is 1.00 bits per heavy atom. The largest absolute Gasteiger partial charge is 0.456 e. The molecule has 0 heterocycles. The van der Waals surface area contributed by atoms with E-state index in [2.05, 4.69) is 12.2 Å². The Hall–Kier alpha value is -3.04. The van der Waals surface area contributed by atoms with Crippen LogP contribution in [0, 0.1) is 0 Å². The highest BCUT2D eigenvalue weighted by Crippen LogP contribution is 2.29. The third-order valence-electron chi connectivity index (χ3n) is 4.05. The zero-order valence-corrected chi connectivity index (χ0v) is 15.7. The fourth-order valence-corrected chi connectivity index (χ4v) is 2.66. The van der Waals surface area contributed by atoms with Crippen molar-refractivity contribution in [3.63, 3.8) is 0 Å². The number of hydrogen-bond donors (Lipinski definition) is 1. The van der Waals surface area contributed by atoms with Crippen LogP contribution in [0.5, 0.6) is 11.5 Å². The normalized spacial score (nSPS) is 10.7. The van der Waals surface area contributed by atoms with Crippen LogP contribution < -0.4 is 10.1 Å². The molecular weight excluding hydrogens is 358 g/mol. The maximum absolute atomic E-state index is 12.2. The lowest BCUT2D eigenvalue weighted by Gasteiger charge is -2.08. The van der Waals surface area contributed by atoms with Gasteiger partial charge in [-0.3, -0.25) is 4.79 Å². The molecule has 27 heavy (non-hydrogen) atoms. The molecule has 0 bridgehead atoms. The standard InChI is InChI=1S/C23H20ClNO2/c1-2-17-7-9-18(10-8-17)22(26)15-16-25-19-11-13-20(14-12-19)27-23-6-4-3-5-21(23)24/h3-16,25H,2H2,1H3/b16-15+. The van der Waals surface area contributed by atoms with Crippen molar-refractivity contribution in [1.29, 1.82) is 0 Å². The van der Waals surface area contributed by atoms with Crippen LogP contribution in [0.15, 0.2) is 85.1 Å². The molecule has 0 amide bonds. The number of anilines is 1. The van der Waals surface area contributed by atoms with E-state index in [1.54, 1.807) is 12.3 Å². The number of aryl methyl sites for hydroxylation is 1. The fourth-order valence-electron chi connectivity index (χ4n) is 2.49. The predicted octanol–water partition coefficient (Wildman–Crippen LogP) is 6.50. The highest BCUT2D eigenvalue weighted by Gasteiger charge is 2.03. The third kappa shape index (κ3) is 5.22. The molecule has 3 aromatic rings. The summed E-state index contributed by atoms with van der Waals surface area (Å²) in [4.78, 5) is 12.2. The number of hydrogen-bond acceptors (Lipinski definition) is 3. The lowest BCUT2D eigenvalue weighted by Crippen LogP contribution is -1.96. The second-order valence-electron chi connectivity index (χ2n) is 5.95. The highest BCUT2D eigenvalue weighted by molar-refractivity contribution is 6.32. The van der Waals surface area contributed by atoms with Gasteiger partial charge in [0.15, 0.2) is 5.78 Å². The zero-order valence-electron chi connectivity index (χ0n) is 15.0. The topological polar surface area (TPSA) is 38.3 Å². The van der Waals surface area contributed by atoms with Crippen molar-refractivity contribution in [2.45, 2.75) is 13.3 Å². The molecule has 3 nitrogen and oxygen atoms in total. The van der Waals surface area contributed by atoms with Crippen molar-refractivity contribution in [1.82, 2.24) is 0 Å². The van der Waals surface area contributed by atoms with E-state index in [-0.39, 0.29) is 5.78 Å². The predicted molar refractivity (Wildman–Crippen MR) is 111 cm³/mol. The molecule has 0 spiro atoms. The van der Waals surface area contributed by atoms with Crippen LogP contribution >= 0.6 is 11.6 Å². The average Bonchev–Trinajstić information content (AvgIpc) is 2.71. The van der Waals surface area contributed by atoms with E-state index in [1.165, 1.54) is 11.6 Å². The molecule has 1 N–H and O–H groups in total. The van der Waals surface area contributed by atoms with E-state index >= 15 is 0 Å². The van der Waals surface area contributed by atoms with Gasteiger partial charge in [0.25, 0.3) is 0 Å². The molecule has 0 atom stereocenters. The Balaban J connectivity index is 1.57. The summed E-state index contributed by atoms with van der Waals surface area (Å²) in [6, 6.07) is 22.4. The molecule has 0 saturated heterocycles. The van der Waals surface area contributed by atoms with Gasteiger partial charge < -0.3 is 10.1 Å². The van der Waals surface area contributed by atoms with Crippen molar-refractivity contribution in [3.05, 3.63) is 101 Å². The molecule has 3 aromatic carbocycles. The van der Waals surface area contributed by atoms with Crippen LogP contribution in [-0.2, 0) is 6.42 Å². The molecular formula is C23H20ClNO2. The molecule has 0 aliphatic carbocycles. The Morgan fingerprint density at radius 2 is 1.70 bits per heavy atom. The Labute approximate surface area is 164 Å². The number of ketones is 1. The molecule has 0 unspecified atom stereocenters. The quantitative estimate of drug-likeness (QED) is 0.377. The summed E-state index contributed by atoms with van der Waals surface area (Å²) < 4.78 is 5.75. The van der Waals surface area contributed by atoms with Gasteiger partial charge in [0, 0.05) is 23.5 Å². The van der Waals surface area contributed by atoms with Gasteiger partial charge in [-0.25, -0.2) is 0 Å². The lowest BCUT2D eigenvalue weighted by atomic mass is 10.1. The minimum Gasteiger partial charge on any atom is -0.456 e. The van der Waals surface area contributed by atoms with Gasteiger partial charge in [0.1, 0.15) is 11.5 Å². The number of para-hydroxylation sites is 1. The van der Waals surface area contributed by atoms with E-state index in [0.29, 0.717) is 22.1 Å². The summed E-state index contributed by atoms with van der Waals surface area (Å²) in [5.74, 6) is 1.26. The molecule has 4 heteroatoms. The van der Waals surface area contributed by atoms with Crippen LogP contribution in [0.4, 0.5) is 5.69 Å². The molecule has 0 aliphatic heterocycles. The average molecular weight is 378 g/mol. The van der Waals surface area contributed by atoms with Crippen LogP contribution in [0.2, 0.25) is 5.02 Å². The van der Waals surface area contributed by atoms with Crippen LogP contribution in [-0.4, -0.2) is 5.78 Å². The van der Waals surface area contributed by atoms with Crippen LogP contribution in [0.1, 0.15) is 22.8 Å². The number of benzene rings is 3. The summed E-state index contributed by atoms with van der Waals surface area (Å²) in [5.41, 5.74) is 2.74. The van der Waals surface area contributed by atoms with E-state index < -0.39 is 0 Å². The number of nitrogens with one attached hydrogen (secondary N) is 1. The molecule has 0 fully saturated rings. The first-order valence-corrected chi connectivity index (χ1v) is 9.12. The van der Waals surface area contributed by atoms with Gasteiger partial charge in [-0.2, -0.15) is 0 Å². The smallest absolute Gasteiger partial charge is 0.187 e. The first-order valence-electron chi connectivity index (χ1n) is 8.74. The molecule has 0 aliphatic rings. The van der Waals surface area contributed by atoms with Gasteiger partial charge in [-0.05, 0) is 48.4 Å². The van der Waals surface area contributed by atoms with Crippen molar-refractivity contribution < 1.29 is 9.53 Å². The van der Waals surface area contributed by atoms with Crippen molar-refractivity contribution in [2.24, 2.45) is 0 Å². The van der Waals surface area contributed by atoms with Crippen molar-refractivity contribution in [3.8, 4) is 11.5 Å². The van der Waals surface area contributed by atoms with Gasteiger partial charge in [-0.15, -0.1) is 0 Å². The SMILES string of the molecule is CCc1ccc(C(=O)/C=C/Nc2ccc(Oc3ccccc3Cl)cc2)cc1. The summed E-state index contributed by atoms with van der Waals surface area (Å²) in [6.45, 7) is 2.09. The van der Waals surface area contributed by atoms with E-state index in [0.717, 1.165) is 12.1 Å². The number of carbonyl (C=O) groups excluding carboxylic acids is 1. The van der Waals surface area contributed by atoms with Crippen molar-refractivity contribution >= 4 is 23.1 Å². The van der Waals surface area contributed by atoms with Crippen LogP contribution in [0.25, 0.3) is 0 Å². The van der Waals surface area contributed by atoms with Gasteiger partial charge in [-0.1, -0.05) is 54.9 Å². The van der Waals surface area contributed by atoms with Gasteiger partial charge >= 0.3 is 0 Å². The molecule has 136 valence electrons. The maximum atomic E-state index is 12.2. The molecule has 0 saturated carbocycles. The van der Waals surface area contributed by atoms with Gasteiger partial charge in [0.05, 0.1) is 5.02 Å². The summed E-state index contributed by atoms with van der Waals surface area (Å²) in [6.07, 6.45) is 4.12. The fraction of sp³-hybridized carbons (Fsp3) is 0.0870. The van der Waals surface area contributed by atoms with Crippen LogP contribution in [0.3, 0.4) is 0 Å². The second kappa shape index (κ2) is 9.06. The number of rotatable bonds is 7. The lowest BCUT2D eigenvalue weighted by molar-refractivity contribution is 0.104. The second-order valence-corrected chi connectivity index (χ2v) is 6.36. The van der Waals surface area contributed by atoms with E-state index in [4.69, 9.17) is 16.3 Å². The maximum Gasteiger partial charge on any atom is 0.187 e. The van der Waals surface area contributed by atoms with Gasteiger partial charge in [0.2, 0.25) is 0 Å². The number of allylic oxidation sites excluding steroid dienone is 1. The Morgan fingerprint density at radius 3 is 2.37 bits per heavy atom. The Bertz CT molecular complexity index is 931. The minimum absolute atomic E-state index is 0.0381. The number of ether oxygens (including phenoxy) is 1. The summed E-state index contributed by atoms with van der Waals surface area (Å²) in [5, 5.41) is 3.65. The number of carbonyl (C=O) groups is 1. The summed E-state index contributed by atoms with van der Waals surface area (Å²) in [7, 11) is 0. The van der Waals surface area contributed by atoms with E-state index in [9.17, 15) is 4.79 Å². The summed E-state index contributed by atoms with van der Waals surface area (Å²) >= 11 is 6.09. The zero-order chi connectivity index (χ0) is 19.1. The Kier molecular flexibility index (Phi) is 6.29.